The molecule has 0 N–H and O–H groups in total. The van der Waals surface area contributed by atoms with Crippen molar-refractivity contribution < 1.29 is 26.6 Å². The van der Waals surface area contributed by atoms with Crippen LogP contribution < -0.4 is 17.1 Å². The highest BCUT2D eigenvalue weighted by atomic mass is 35.5. The van der Waals surface area contributed by atoms with Crippen molar-refractivity contribution in [2.45, 2.75) is 32.9 Å². The molecule has 1 aliphatic carbocycles. The molecule has 0 heterocycles. The first-order valence-electron chi connectivity index (χ1n) is 7.97. The van der Waals surface area contributed by atoms with Crippen LogP contribution in [-0.4, -0.2) is 25.5 Å². The van der Waals surface area contributed by atoms with Crippen molar-refractivity contribution in [1.29, 1.82) is 5.39 Å². The predicted molar refractivity (Wildman–Crippen MR) is 89.4 cm³/mol. The van der Waals surface area contributed by atoms with Crippen molar-refractivity contribution in [3.05, 3.63) is 52.7 Å². The van der Waals surface area contributed by atoms with Crippen molar-refractivity contribution in [1.82, 2.24) is 0 Å². The minimum atomic E-state index is -1.09. The summed E-state index contributed by atoms with van der Waals surface area (Å²) in [4.78, 5) is 3.56. The number of ether oxygens (including phenoxy) is 3. The summed E-state index contributed by atoms with van der Waals surface area (Å²) in [5.74, 6) is 1.56. The minimum absolute atomic E-state index is 0. The smallest absolute Gasteiger partial charge is 0.458 e. The van der Waals surface area contributed by atoms with Crippen LogP contribution in [0.25, 0.3) is 10.5 Å². The second-order valence-electron chi connectivity index (χ2n) is 5.08. The maximum Gasteiger partial charge on any atom is 0.458 e. The van der Waals surface area contributed by atoms with E-state index in [4.69, 9.17) is 14.2 Å². The van der Waals surface area contributed by atoms with E-state index in [0.29, 0.717) is 26.2 Å². The fourth-order valence-corrected chi connectivity index (χ4v) is 2.64. The lowest BCUT2D eigenvalue weighted by Gasteiger charge is -2.22. The molecule has 2 rings (SSSR count). The van der Waals surface area contributed by atoms with Gasteiger partial charge in [-0.15, -0.1) is 0 Å². The normalized spacial score (nSPS) is 19.4. The van der Waals surface area contributed by atoms with Crippen LogP contribution in [0.5, 0.6) is 5.75 Å². The number of halogens is 1. The summed E-state index contributed by atoms with van der Waals surface area (Å²) in [5.41, 5.74) is 0.587. The molecule has 1 aromatic rings. The number of hydrogen-bond acceptors (Lipinski definition) is 4. The Morgan fingerprint density at radius 2 is 1.71 bits per heavy atom. The Bertz CT molecular complexity index is 635. The molecule has 1 aromatic carbocycles. The summed E-state index contributed by atoms with van der Waals surface area (Å²) in [6.45, 7) is 7.40. The molecule has 0 spiro atoms. The van der Waals surface area contributed by atoms with Gasteiger partial charge in [0.2, 0.25) is 5.39 Å². The van der Waals surface area contributed by atoms with Crippen LogP contribution in [0.1, 0.15) is 32.8 Å². The first-order valence-corrected chi connectivity index (χ1v) is 7.97. The third-order valence-corrected chi connectivity index (χ3v) is 3.62. The molecule has 0 amide bonds. The van der Waals surface area contributed by atoms with E-state index in [1.54, 1.807) is 0 Å². The van der Waals surface area contributed by atoms with Crippen LogP contribution >= 0.6 is 0 Å². The Balaban J connectivity index is 0.00000288. The summed E-state index contributed by atoms with van der Waals surface area (Å²) in [6, 6.07) is 7.66. The molecule has 0 aromatic heterocycles. The zero-order valence-corrected chi connectivity index (χ0v) is 15.0. The van der Waals surface area contributed by atoms with Gasteiger partial charge < -0.3 is 21.9 Å². The molecule has 130 valence electrons. The zero-order valence-electron chi connectivity index (χ0n) is 14.3. The lowest BCUT2D eigenvalue weighted by atomic mass is 9.88. The molecule has 0 saturated carbocycles. The van der Waals surface area contributed by atoms with E-state index in [9.17, 15) is 5.39 Å². The van der Waals surface area contributed by atoms with Crippen LogP contribution in [0, 0.1) is 5.39 Å². The van der Waals surface area contributed by atoms with Gasteiger partial charge in [-0.3, -0.25) is 4.74 Å². The summed E-state index contributed by atoms with van der Waals surface area (Å²) >= 11 is 0. The first kappa shape index (κ1) is 20.0. The van der Waals surface area contributed by atoms with Gasteiger partial charge in [-0.25, -0.2) is 0 Å². The second kappa shape index (κ2) is 9.31. The van der Waals surface area contributed by atoms with Gasteiger partial charge in [-0.2, -0.15) is 0 Å². The van der Waals surface area contributed by atoms with Gasteiger partial charge in [0.05, 0.1) is 31.8 Å². The summed E-state index contributed by atoms with van der Waals surface area (Å²) in [6.07, 6.45) is 4.18. The largest absolute Gasteiger partial charge is 1.00 e. The number of allylic oxidation sites excluding steroid dienone is 1. The predicted octanol–water partition coefficient (Wildman–Crippen LogP) is 1.38. The van der Waals surface area contributed by atoms with Crippen molar-refractivity contribution in [2.75, 3.05) is 19.8 Å². The Morgan fingerprint density at radius 1 is 1.04 bits per heavy atom. The van der Waals surface area contributed by atoms with E-state index in [1.165, 1.54) is 0 Å². The van der Waals surface area contributed by atoms with Gasteiger partial charge in [0.25, 0.3) is 0 Å². The van der Waals surface area contributed by atoms with Gasteiger partial charge in [0, 0.05) is 0 Å². The molecule has 1 aliphatic rings. The van der Waals surface area contributed by atoms with Crippen molar-refractivity contribution in [3.63, 3.8) is 0 Å². The summed E-state index contributed by atoms with van der Waals surface area (Å²) in [7, 11) is 0. The quantitative estimate of drug-likeness (QED) is 0.697. The highest BCUT2D eigenvalue weighted by molar-refractivity contribution is 5.77. The van der Waals surface area contributed by atoms with E-state index in [1.807, 2.05) is 57.2 Å². The molecule has 5 nitrogen and oxygen atoms in total. The summed E-state index contributed by atoms with van der Waals surface area (Å²) < 4.78 is 16.8. The molecule has 0 fully saturated rings. The fraction of sp³-hybridized carbons (Fsp3) is 0.444. The van der Waals surface area contributed by atoms with Crippen LogP contribution in [0.2, 0.25) is 0 Å². The van der Waals surface area contributed by atoms with Gasteiger partial charge in [-0.1, -0.05) is 12.1 Å². The Kier molecular flexibility index (Phi) is 7.76. The lowest BCUT2D eigenvalue weighted by molar-refractivity contribution is -0.0000102. The van der Waals surface area contributed by atoms with E-state index in [0.717, 1.165) is 22.6 Å². The van der Waals surface area contributed by atoms with Crippen molar-refractivity contribution >= 4 is 5.57 Å². The van der Waals surface area contributed by atoms with Crippen LogP contribution in [0.3, 0.4) is 0 Å². The molecule has 0 bridgehead atoms. The van der Waals surface area contributed by atoms with Gasteiger partial charge in [0.1, 0.15) is 11.5 Å². The van der Waals surface area contributed by atoms with Gasteiger partial charge in [0.15, 0.2) is 4.98 Å². The standard InChI is InChI=1S/C18H23N2O3.ClH/c1-4-21-15-9-7-14(8-10-15)17-13-16(22-5-2)11-12-18(17,20-19)23-6-3;/h7-11,13H,4-6,12H2,1-3H3;1H/q+1;/p-1. The van der Waals surface area contributed by atoms with Crippen molar-refractivity contribution in [3.8, 4) is 5.75 Å². The monoisotopic (exact) mass is 350 g/mol. The third kappa shape index (κ3) is 4.28. The molecule has 6 heteroatoms. The van der Waals surface area contributed by atoms with E-state index in [-0.39, 0.29) is 12.4 Å². The van der Waals surface area contributed by atoms with Crippen LogP contribution in [0.15, 0.2) is 42.2 Å². The molecular formula is C18H23ClN2O3. The average molecular weight is 351 g/mol. The first-order chi connectivity index (χ1) is 11.2. The number of nitrogens with zero attached hydrogens (tertiary/aromatic N) is 2. The lowest BCUT2D eigenvalue weighted by Crippen LogP contribution is -3.00. The SMILES string of the molecule is CCOC1=CCC([N+]#N)(OCC)C(c2ccc(OCC)cc2)=C1.[Cl-]. The third-order valence-electron chi connectivity index (χ3n) is 3.62. The van der Waals surface area contributed by atoms with Gasteiger partial charge in [-0.05, 0) is 50.6 Å². The highest BCUT2D eigenvalue weighted by Gasteiger charge is 2.51. The maximum atomic E-state index is 9.62. The number of diazo groups is 1. The Morgan fingerprint density at radius 3 is 2.25 bits per heavy atom. The fourth-order valence-electron chi connectivity index (χ4n) is 2.64. The molecule has 1 atom stereocenters. The highest BCUT2D eigenvalue weighted by Crippen LogP contribution is 2.40. The van der Waals surface area contributed by atoms with Gasteiger partial charge >= 0.3 is 5.72 Å². The number of hydrogen-bond donors (Lipinski definition) is 0. The number of rotatable bonds is 7. The van der Waals surface area contributed by atoms with Crippen LogP contribution in [-0.2, 0) is 9.47 Å². The molecule has 1 unspecified atom stereocenters. The second-order valence-corrected chi connectivity index (χ2v) is 5.08. The minimum Gasteiger partial charge on any atom is -1.00 e. The van der Waals surface area contributed by atoms with Crippen LogP contribution in [0.4, 0.5) is 0 Å². The average Bonchev–Trinajstić information content (AvgIpc) is 2.58. The molecule has 0 saturated heterocycles. The molecule has 24 heavy (non-hydrogen) atoms. The summed E-state index contributed by atoms with van der Waals surface area (Å²) in [5, 5.41) is 9.62. The molecule has 0 aliphatic heterocycles. The molecule has 0 radical (unpaired) electrons. The topological polar surface area (TPSA) is 55.8 Å². The van der Waals surface area contributed by atoms with E-state index >= 15 is 0 Å². The van der Waals surface area contributed by atoms with E-state index < -0.39 is 5.72 Å². The zero-order chi connectivity index (χ0) is 16.7. The van der Waals surface area contributed by atoms with E-state index in [2.05, 4.69) is 4.98 Å². The van der Waals surface area contributed by atoms with Crippen molar-refractivity contribution in [2.24, 2.45) is 0 Å². The Hall–Kier alpha value is -2.03. The Labute approximate surface area is 149 Å². The molecular weight excluding hydrogens is 328 g/mol. The number of benzene rings is 1. The maximum absolute atomic E-state index is 9.62.